The topological polar surface area (TPSA) is 42.7 Å². The molecule has 84 valence electrons. The second-order valence-corrected chi connectivity index (χ2v) is 4.49. The third-order valence-electron chi connectivity index (χ3n) is 2.17. The van der Waals surface area contributed by atoms with Gasteiger partial charge in [0.1, 0.15) is 5.82 Å². The average Bonchev–Trinajstić information content (AvgIpc) is 2.73. The Kier molecular flexibility index (Phi) is 3.46. The van der Waals surface area contributed by atoms with Gasteiger partial charge in [0, 0.05) is 37.1 Å². The van der Waals surface area contributed by atoms with Crippen LogP contribution in [0.15, 0.2) is 35.6 Å². The van der Waals surface area contributed by atoms with Gasteiger partial charge in [0.2, 0.25) is 0 Å². The zero-order chi connectivity index (χ0) is 11.4. The summed E-state index contributed by atoms with van der Waals surface area (Å²) in [6, 6.07) is 4.07. The monoisotopic (exact) mass is 234 g/mol. The standard InChI is InChI=1S/C11H14N4S/c1-12-11-4-3-9(5-13-11)8-16-10-6-14-15(2)7-10/h3-7H,8H2,1-2H3,(H,12,13). The Morgan fingerprint density at radius 1 is 1.38 bits per heavy atom. The summed E-state index contributed by atoms with van der Waals surface area (Å²) in [6.07, 6.45) is 5.79. The highest BCUT2D eigenvalue weighted by molar-refractivity contribution is 7.98. The molecule has 0 fully saturated rings. The summed E-state index contributed by atoms with van der Waals surface area (Å²) in [7, 11) is 3.79. The fraction of sp³-hybridized carbons (Fsp3) is 0.273. The van der Waals surface area contributed by atoms with E-state index in [0.717, 1.165) is 11.6 Å². The fourth-order valence-corrected chi connectivity index (χ4v) is 2.15. The van der Waals surface area contributed by atoms with E-state index in [0.29, 0.717) is 0 Å². The number of aromatic nitrogens is 3. The van der Waals surface area contributed by atoms with Crippen molar-refractivity contribution in [2.24, 2.45) is 7.05 Å². The molecular weight excluding hydrogens is 220 g/mol. The highest BCUT2D eigenvalue weighted by Gasteiger charge is 1.99. The number of nitrogens with one attached hydrogen (secondary N) is 1. The third kappa shape index (κ3) is 2.76. The van der Waals surface area contributed by atoms with Crippen molar-refractivity contribution >= 4 is 17.6 Å². The van der Waals surface area contributed by atoms with Gasteiger partial charge in [-0.05, 0) is 11.6 Å². The first-order valence-corrected chi connectivity index (χ1v) is 6.00. The van der Waals surface area contributed by atoms with E-state index in [1.54, 1.807) is 11.8 Å². The Labute approximate surface area is 99.1 Å². The summed E-state index contributed by atoms with van der Waals surface area (Å²) < 4.78 is 1.81. The van der Waals surface area contributed by atoms with Gasteiger partial charge in [0.05, 0.1) is 6.20 Å². The van der Waals surface area contributed by atoms with Gasteiger partial charge in [-0.1, -0.05) is 6.07 Å². The van der Waals surface area contributed by atoms with Gasteiger partial charge in [-0.3, -0.25) is 4.68 Å². The van der Waals surface area contributed by atoms with E-state index < -0.39 is 0 Å². The summed E-state index contributed by atoms with van der Waals surface area (Å²) in [6.45, 7) is 0. The Hall–Kier alpha value is -1.49. The minimum Gasteiger partial charge on any atom is -0.373 e. The van der Waals surface area contributed by atoms with Crippen molar-refractivity contribution in [3.63, 3.8) is 0 Å². The number of hydrogen-bond acceptors (Lipinski definition) is 4. The van der Waals surface area contributed by atoms with Crippen LogP contribution in [-0.2, 0) is 12.8 Å². The van der Waals surface area contributed by atoms with Gasteiger partial charge in [-0.2, -0.15) is 5.10 Å². The quantitative estimate of drug-likeness (QED) is 0.823. The average molecular weight is 234 g/mol. The first kappa shape index (κ1) is 11.0. The molecule has 0 spiro atoms. The van der Waals surface area contributed by atoms with Crippen LogP contribution in [0.2, 0.25) is 0 Å². The van der Waals surface area contributed by atoms with E-state index in [1.807, 2.05) is 43.4 Å². The number of nitrogens with zero attached hydrogens (tertiary/aromatic N) is 3. The first-order chi connectivity index (χ1) is 7.78. The molecule has 0 saturated heterocycles. The Morgan fingerprint density at radius 2 is 2.25 bits per heavy atom. The van der Waals surface area contributed by atoms with E-state index >= 15 is 0 Å². The van der Waals surface area contributed by atoms with Gasteiger partial charge < -0.3 is 5.32 Å². The highest BCUT2D eigenvalue weighted by Crippen LogP contribution is 2.21. The van der Waals surface area contributed by atoms with Crippen LogP contribution in [0.3, 0.4) is 0 Å². The molecule has 0 bridgehead atoms. The van der Waals surface area contributed by atoms with Gasteiger partial charge in [-0.25, -0.2) is 4.98 Å². The summed E-state index contributed by atoms with van der Waals surface area (Å²) in [5.74, 6) is 1.82. The molecule has 0 atom stereocenters. The summed E-state index contributed by atoms with van der Waals surface area (Å²) >= 11 is 1.76. The lowest BCUT2D eigenvalue weighted by molar-refractivity contribution is 0.766. The molecule has 0 amide bonds. The second-order valence-electron chi connectivity index (χ2n) is 3.44. The largest absolute Gasteiger partial charge is 0.373 e. The molecule has 0 aliphatic carbocycles. The van der Waals surface area contributed by atoms with Crippen LogP contribution >= 0.6 is 11.8 Å². The maximum atomic E-state index is 4.27. The van der Waals surface area contributed by atoms with Crippen LogP contribution in [0.5, 0.6) is 0 Å². The molecule has 2 rings (SSSR count). The van der Waals surface area contributed by atoms with E-state index in [9.17, 15) is 0 Å². The van der Waals surface area contributed by atoms with Crippen LogP contribution < -0.4 is 5.32 Å². The van der Waals surface area contributed by atoms with Crippen LogP contribution in [0, 0.1) is 0 Å². The second kappa shape index (κ2) is 5.03. The summed E-state index contributed by atoms with van der Waals surface area (Å²) in [5.41, 5.74) is 1.22. The van der Waals surface area contributed by atoms with Crippen molar-refractivity contribution in [1.29, 1.82) is 0 Å². The zero-order valence-electron chi connectivity index (χ0n) is 9.34. The molecule has 5 heteroatoms. The molecule has 0 saturated carbocycles. The minimum absolute atomic E-state index is 0.898. The van der Waals surface area contributed by atoms with Crippen LogP contribution in [-0.4, -0.2) is 21.8 Å². The van der Waals surface area contributed by atoms with Gasteiger partial charge >= 0.3 is 0 Å². The molecule has 0 unspecified atom stereocenters. The molecule has 0 aliphatic heterocycles. The Morgan fingerprint density at radius 3 is 2.81 bits per heavy atom. The number of pyridine rings is 1. The number of hydrogen-bond donors (Lipinski definition) is 1. The maximum Gasteiger partial charge on any atom is 0.125 e. The Balaban J connectivity index is 1.94. The van der Waals surface area contributed by atoms with E-state index in [1.165, 1.54) is 10.5 Å². The van der Waals surface area contributed by atoms with E-state index in [-0.39, 0.29) is 0 Å². The lowest BCUT2D eigenvalue weighted by atomic mass is 10.3. The molecule has 1 N–H and O–H groups in total. The molecule has 2 aromatic heterocycles. The van der Waals surface area contributed by atoms with Gasteiger partial charge in [-0.15, -0.1) is 11.8 Å². The minimum atomic E-state index is 0.898. The number of rotatable bonds is 4. The number of anilines is 1. The van der Waals surface area contributed by atoms with Crippen molar-refractivity contribution < 1.29 is 0 Å². The third-order valence-corrected chi connectivity index (χ3v) is 3.19. The Bertz CT molecular complexity index is 449. The number of thioether (sulfide) groups is 1. The molecule has 4 nitrogen and oxygen atoms in total. The fourth-order valence-electron chi connectivity index (χ4n) is 1.30. The van der Waals surface area contributed by atoms with E-state index in [4.69, 9.17) is 0 Å². The molecule has 2 aromatic rings. The van der Waals surface area contributed by atoms with E-state index in [2.05, 4.69) is 21.5 Å². The predicted octanol–water partition coefficient (Wildman–Crippen LogP) is 2.15. The van der Waals surface area contributed by atoms with Crippen LogP contribution in [0.25, 0.3) is 0 Å². The van der Waals surface area contributed by atoms with Crippen molar-refractivity contribution in [3.8, 4) is 0 Å². The highest BCUT2D eigenvalue weighted by atomic mass is 32.2. The molecule has 2 heterocycles. The smallest absolute Gasteiger partial charge is 0.125 e. The van der Waals surface area contributed by atoms with Crippen molar-refractivity contribution in [3.05, 3.63) is 36.3 Å². The van der Waals surface area contributed by atoms with Crippen molar-refractivity contribution in [1.82, 2.24) is 14.8 Å². The first-order valence-electron chi connectivity index (χ1n) is 5.02. The van der Waals surface area contributed by atoms with Gasteiger partial charge in [0.25, 0.3) is 0 Å². The molecule has 16 heavy (non-hydrogen) atoms. The zero-order valence-corrected chi connectivity index (χ0v) is 10.2. The van der Waals surface area contributed by atoms with Crippen LogP contribution in [0.1, 0.15) is 5.56 Å². The van der Waals surface area contributed by atoms with Crippen molar-refractivity contribution in [2.75, 3.05) is 12.4 Å². The van der Waals surface area contributed by atoms with Crippen LogP contribution in [0.4, 0.5) is 5.82 Å². The van der Waals surface area contributed by atoms with Crippen molar-refractivity contribution in [2.45, 2.75) is 10.6 Å². The molecular formula is C11H14N4S. The number of aryl methyl sites for hydroxylation is 1. The normalized spacial score (nSPS) is 10.4. The molecule has 0 aliphatic rings. The SMILES string of the molecule is CNc1ccc(CSc2cnn(C)c2)cn1. The molecule has 0 aromatic carbocycles. The predicted molar refractivity (Wildman–Crippen MR) is 66.6 cm³/mol. The lowest BCUT2D eigenvalue weighted by Crippen LogP contribution is -1.92. The summed E-state index contributed by atoms with van der Waals surface area (Å²) in [5, 5.41) is 7.13. The molecule has 0 radical (unpaired) electrons. The summed E-state index contributed by atoms with van der Waals surface area (Å²) in [4.78, 5) is 5.45. The lowest BCUT2D eigenvalue weighted by Gasteiger charge is -2.01. The maximum absolute atomic E-state index is 4.27. The van der Waals surface area contributed by atoms with Gasteiger partial charge in [0.15, 0.2) is 0 Å².